The Morgan fingerprint density at radius 1 is 1.40 bits per heavy atom. The smallest absolute Gasteiger partial charge is 0.343 e. The maximum Gasteiger partial charge on any atom is 0.343 e. The first-order valence-electron chi connectivity index (χ1n) is 8.95. The number of nitrogens with zero attached hydrogens (tertiary/aromatic N) is 3. The number of halogens is 1. The minimum absolute atomic E-state index is 0.0628. The summed E-state index contributed by atoms with van der Waals surface area (Å²) >= 11 is 0. The first kappa shape index (κ1) is 20.9. The number of esters is 1. The number of ether oxygens (including phenoxy) is 3. The normalized spacial score (nSPS) is 14.8. The summed E-state index contributed by atoms with van der Waals surface area (Å²) in [6.07, 6.45) is 0.166. The van der Waals surface area contributed by atoms with Crippen LogP contribution in [-0.4, -0.2) is 37.3 Å². The molecule has 0 aliphatic carbocycles. The summed E-state index contributed by atoms with van der Waals surface area (Å²) < 4.78 is 28.8. The maximum absolute atomic E-state index is 13.6. The molecule has 0 spiro atoms. The molecule has 0 saturated heterocycles. The number of anilines is 1. The van der Waals surface area contributed by atoms with Crippen molar-refractivity contribution in [3.8, 4) is 17.6 Å². The lowest BCUT2D eigenvalue weighted by atomic mass is 10.1. The van der Waals surface area contributed by atoms with Gasteiger partial charge >= 0.3 is 11.7 Å². The maximum atomic E-state index is 13.6. The number of rotatable bonds is 7. The highest BCUT2D eigenvalue weighted by Gasteiger charge is 2.29. The number of nitro benzene ring substituents is 1. The minimum Gasteiger partial charge on any atom is -0.489 e. The summed E-state index contributed by atoms with van der Waals surface area (Å²) in [6, 6.07) is 10.3. The number of carbonyl (C=O) groups excluding carboxylic acids is 1. The van der Waals surface area contributed by atoms with Crippen LogP contribution in [0, 0.1) is 27.3 Å². The average molecular weight is 415 g/mol. The largest absolute Gasteiger partial charge is 0.489 e. The van der Waals surface area contributed by atoms with Crippen molar-refractivity contribution in [3.05, 3.63) is 57.9 Å². The number of carbonyl (C=O) groups is 1. The van der Waals surface area contributed by atoms with Crippen molar-refractivity contribution in [1.82, 2.24) is 0 Å². The highest BCUT2D eigenvalue weighted by atomic mass is 19.1. The van der Waals surface area contributed by atoms with E-state index in [0.717, 1.165) is 0 Å². The summed E-state index contributed by atoms with van der Waals surface area (Å²) in [5.41, 5.74) is 0.865. The molecule has 30 heavy (non-hydrogen) atoms. The van der Waals surface area contributed by atoms with Crippen molar-refractivity contribution in [2.45, 2.75) is 19.0 Å². The van der Waals surface area contributed by atoms with E-state index >= 15 is 0 Å². The standard InChI is InChI=1S/C20H18FN3O6/c1-28-20(25)12-30-18-5-2-13(8-17(18)24(26)27)10-23-15(6-7-22)11-29-19-9-14(21)3-4-16(19)23/h2-5,8-9,15H,6,10-12H2,1H3/t15-/m0/s1. The van der Waals surface area contributed by atoms with Crippen LogP contribution in [0.3, 0.4) is 0 Å². The van der Waals surface area contributed by atoms with Gasteiger partial charge in [0.25, 0.3) is 0 Å². The number of hydrogen-bond acceptors (Lipinski definition) is 8. The Bertz CT molecular complexity index is 1010. The average Bonchev–Trinajstić information content (AvgIpc) is 2.73. The predicted octanol–water partition coefficient (Wildman–Crippen LogP) is 2.97. The van der Waals surface area contributed by atoms with Crippen LogP contribution in [0.25, 0.3) is 0 Å². The Morgan fingerprint density at radius 2 is 2.20 bits per heavy atom. The third-order valence-electron chi connectivity index (χ3n) is 4.58. The second-order valence-corrected chi connectivity index (χ2v) is 6.49. The van der Waals surface area contributed by atoms with Crippen LogP contribution in [0.2, 0.25) is 0 Å². The second-order valence-electron chi connectivity index (χ2n) is 6.49. The van der Waals surface area contributed by atoms with E-state index < -0.39 is 23.3 Å². The van der Waals surface area contributed by atoms with Crippen molar-refractivity contribution in [2.24, 2.45) is 0 Å². The minimum atomic E-state index is -0.662. The molecule has 1 aliphatic heterocycles. The van der Waals surface area contributed by atoms with Crippen LogP contribution >= 0.6 is 0 Å². The summed E-state index contributed by atoms with van der Waals surface area (Å²) in [6.45, 7) is -0.0395. The zero-order chi connectivity index (χ0) is 21.7. The molecule has 156 valence electrons. The molecule has 0 fully saturated rings. The fraction of sp³-hybridized carbons (Fsp3) is 0.300. The molecular weight excluding hydrogens is 397 g/mol. The van der Waals surface area contributed by atoms with E-state index in [4.69, 9.17) is 14.7 Å². The van der Waals surface area contributed by atoms with Crippen LogP contribution in [0.4, 0.5) is 15.8 Å². The second kappa shape index (κ2) is 9.09. The first-order valence-corrected chi connectivity index (χ1v) is 8.95. The van der Waals surface area contributed by atoms with Crippen molar-refractivity contribution in [2.75, 3.05) is 25.2 Å². The lowest BCUT2D eigenvalue weighted by molar-refractivity contribution is -0.385. The summed E-state index contributed by atoms with van der Waals surface area (Å²) in [4.78, 5) is 24.0. The van der Waals surface area contributed by atoms with E-state index in [1.54, 1.807) is 12.1 Å². The Labute approximate surface area is 171 Å². The van der Waals surface area contributed by atoms with Gasteiger partial charge in [0.1, 0.15) is 18.2 Å². The van der Waals surface area contributed by atoms with Gasteiger partial charge in [0.05, 0.1) is 36.3 Å². The molecule has 0 radical (unpaired) electrons. The van der Waals surface area contributed by atoms with Gasteiger partial charge in [-0.2, -0.15) is 5.26 Å². The Hall–Kier alpha value is -3.87. The molecule has 1 atom stereocenters. The molecule has 1 aliphatic rings. The fourth-order valence-corrected chi connectivity index (χ4v) is 3.12. The highest BCUT2D eigenvalue weighted by molar-refractivity contribution is 5.71. The van der Waals surface area contributed by atoms with Gasteiger partial charge in [0, 0.05) is 18.7 Å². The Kier molecular flexibility index (Phi) is 6.32. The van der Waals surface area contributed by atoms with Gasteiger partial charge in [0.2, 0.25) is 0 Å². The number of nitriles is 1. The van der Waals surface area contributed by atoms with Gasteiger partial charge in [0.15, 0.2) is 12.4 Å². The SMILES string of the molecule is COC(=O)COc1ccc(CN2c3ccc(F)cc3OC[C@@H]2CC#N)cc1[N+](=O)[O-]. The summed E-state index contributed by atoms with van der Waals surface area (Å²) in [5.74, 6) is -0.830. The lowest BCUT2D eigenvalue weighted by Crippen LogP contribution is -2.42. The molecule has 0 N–H and O–H groups in total. The Morgan fingerprint density at radius 3 is 2.90 bits per heavy atom. The molecule has 2 aromatic carbocycles. The molecule has 0 bridgehead atoms. The van der Waals surface area contributed by atoms with Gasteiger partial charge < -0.3 is 19.1 Å². The quantitative estimate of drug-likeness (QED) is 0.385. The van der Waals surface area contributed by atoms with Crippen molar-refractivity contribution >= 4 is 17.3 Å². The van der Waals surface area contributed by atoms with E-state index in [1.165, 1.54) is 31.4 Å². The van der Waals surface area contributed by atoms with Gasteiger partial charge in [-0.05, 0) is 23.8 Å². The Balaban J connectivity index is 1.90. The van der Waals surface area contributed by atoms with Crippen LogP contribution in [0.15, 0.2) is 36.4 Å². The van der Waals surface area contributed by atoms with Crippen molar-refractivity contribution < 1.29 is 28.3 Å². The molecule has 0 unspecified atom stereocenters. The number of fused-ring (bicyclic) bond motifs is 1. The molecule has 0 saturated carbocycles. The zero-order valence-corrected chi connectivity index (χ0v) is 16.0. The first-order chi connectivity index (χ1) is 14.4. The molecule has 1 heterocycles. The van der Waals surface area contributed by atoms with Crippen LogP contribution in [0.1, 0.15) is 12.0 Å². The summed E-state index contributed by atoms with van der Waals surface area (Å²) in [5, 5.41) is 20.6. The van der Waals surface area contributed by atoms with Gasteiger partial charge in [-0.15, -0.1) is 0 Å². The van der Waals surface area contributed by atoms with E-state index in [2.05, 4.69) is 10.8 Å². The number of nitro groups is 1. The molecule has 0 aromatic heterocycles. The van der Waals surface area contributed by atoms with Crippen LogP contribution < -0.4 is 14.4 Å². The van der Waals surface area contributed by atoms with Crippen LogP contribution in [0.5, 0.6) is 11.5 Å². The molecule has 0 amide bonds. The van der Waals surface area contributed by atoms with Gasteiger partial charge in [-0.3, -0.25) is 10.1 Å². The number of methoxy groups -OCH3 is 1. The van der Waals surface area contributed by atoms with Crippen molar-refractivity contribution in [3.63, 3.8) is 0 Å². The molecule has 9 nitrogen and oxygen atoms in total. The fourth-order valence-electron chi connectivity index (χ4n) is 3.12. The number of benzene rings is 2. The highest BCUT2D eigenvalue weighted by Crippen LogP contribution is 2.37. The van der Waals surface area contributed by atoms with E-state index in [9.17, 15) is 19.3 Å². The van der Waals surface area contributed by atoms with Crippen molar-refractivity contribution in [1.29, 1.82) is 5.26 Å². The van der Waals surface area contributed by atoms with Crippen LogP contribution in [-0.2, 0) is 16.1 Å². The van der Waals surface area contributed by atoms with E-state index in [-0.39, 0.29) is 37.1 Å². The number of hydrogen-bond donors (Lipinski definition) is 0. The molecule has 10 heteroatoms. The lowest BCUT2D eigenvalue weighted by Gasteiger charge is -2.37. The predicted molar refractivity (Wildman–Crippen MR) is 103 cm³/mol. The van der Waals surface area contributed by atoms with Gasteiger partial charge in [-0.1, -0.05) is 6.07 Å². The van der Waals surface area contributed by atoms with E-state index in [0.29, 0.717) is 17.0 Å². The molecule has 3 rings (SSSR count). The van der Waals surface area contributed by atoms with Gasteiger partial charge in [-0.25, -0.2) is 9.18 Å². The third-order valence-corrected chi connectivity index (χ3v) is 4.58. The monoisotopic (exact) mass is 415 g/mol. The topological polar surface area (TPSA) is 115 Å². The zero-order valence-electron chi connectivity index (χ0n) is 16.0. The van der Waals surface area contributed by atoms with E-state index in [1.807, 2.05) is 4.90 Å². The third kappa shape index (κ3) is 4.57. The molecule has 2 aromatic rings. The molecular formula is C20H18FN3O6. The summed E-state index contributed by atoms with van der Waals surface area (Å²) in [7, 11) is 1.19.